The number of hydrogen-bond donors (Lipinski definition) is 2. The first kappa shape index (κ1) is 22.8. The van der Waals surface area contributed by atoms with Crippen molar-refractivity contribution in [2.45, 2.75) is 66.2 Å². The number of aliphatic imine (C=N–C) groups is 1. The normalized spacial score (nSPS) is 17.3. The second-order valence-electron chi connectivity index (χ2n) is 8.29. The van der Waals surface area contributed by atoms with Gasteiger partial charge < -0.3 is 25.0 Å². The molecular formula is C21H35N5O3. The van der Waals surface area contributed by atoms with Crippen molar-refractivity contribution >= 4 is 12.1 Å². The van der Waals surface area contributed by atoms with Crippen LogP contribution in [-0.2, 0) is 11.3 Å². The van der Waals surface area contributed by atoms with Crippen LogP contribution in [0.4, 0.5) is 4.79 Å². The maximum atomic E-state index is 12.0. The van der Waals surface area contributed by atoms with Gasteiger partial charge in [-0.15, -0.1) is 0 Å². The van der Waals surface area contributed by atoms with Crippen molar-refractivity contribution in [3.05, 3.63) is 23.0 Å². The SMILES string of the molecule is CCNC(=NCc1ncc(C)c(OC)c1C)N1CCC(NC(=O)OC(C)(C)C)C1. The third-order valence-corrected chi connectivity index (χ3v) is 4.67. The first-order valence-corrected chi connectivity index (χ1v) is 10.2. The van der Waals surface area contributed by atoms with Crippen molar-refractivity contribution < 1.29 is 14.3 Å². The van der Waals surface area contributed by atoms with Gasteiger partial charge in [-0.3, -0.25) is 4.98 Å². The van der Waals surface area contributed by atoms with Crippen LogP contribution in [-0.4, -0.2) is 60.3 Å². The lowest BCUT2D eigenvalue weighted by Crippen LogP contribution is -2.44. The third kappa shape index (κ3) is 6.51. The lowest BCUT2D eigenvalue weighted by molar-refractivity contribution is 0.0507. The number of methoxy groups -OCH3 is 1. The van der Waals surface area contributed by atoms with E-state index >= 15 is 0 Å². The Morgan fingerprint density at radius 2 is 2.10 bits per heavy atom. The number of guanidine groups is 1. The number of aryl methyl sites for hydroxylation is 1. The van der Waals surface area contributed by atoms with Gasteiger partial charge in [-0.25, -0.2) is 9.79 Å². The number of aromatic nitrogens is 1. The van der Waals surface area contributed by atoms with E-state index < -0.39 is 5.60 Å². The van der Waals surface area contributed by atoms with E-state index in [0.29, 0.717) is 13.1 Å². The number of pyridine rings is 1. The van der Waals surface area contributed by atoms with Gasteiger partial charge in [0, 0.05) is 37.0 Å². The highest BCUT2D eigenvalue weighted by Crippen LogP contribution is 2.24. The first-order chi connectivity index (χ1) is 13.6. The van der Waals surface area contributed by atoms with E-state index in [1.807, 2.05) is 47.7 Å². The number of rotatable bonds is 5. The molecule has 0 bridgehead atoms. The van der Waals surface area contributed by atoms with Gasteiger partial charge in [0.15, 0.2) is 5.96 Å². The Labute approximate surface area is 174 Å². The Balaban J connectivity index is 2.04. The van der Waals surface area contributed by atoms with Gasteiger partial charge in [-0.1, -0.05) is 0 Å². The van der Waals surface area contributed by atoms with E-state index in [4.69, 9.17) is 14.5 Å². The van der Waals surface area contributed by atoms with Crippen molar-refractivity contribution in [2.24, 2.45) is 4.99 Å². The van der Waals surface area contributed by atoms with Gasteiger partial charge in [-0.05, 0) is 48.0 Å². The number of carbonyl (C=O) groups excluding carboxylic acids is 1. The minimum absolute atomic E-state index is 0.0352. The summed E-state index contributed by atoms with van der Waals surface area (Å²) in [6, 6.07) is 0.0352. The van der Waals surface area contributed by atoms with Gasteiger partial charge in [0.25, 0.3) is 0 Å². The molecule has 2 heterocycles. The molecule has 1 amide bonds. The smallest absolute Gasteiger partial charge is 0.407 e. The zero-order chi connectivity index (χ0) is 21.6. The summed E-state index contributed by atoms with van der Waals surface area (Å²) < 4.78 is 10.8. The molecule has 0 spiro atoms. The zero-order valence-corrected chi connectivity index (χ0v) is 18.8. The summed E-state index contributed by atoms with van der Waals surface area (Å²) in [5.74, 6) is 1.68. The van der Waals surface area contributed by atoms with Crippen molar-refractivity contribution in [1.29, 1.82) is 0 Å². The Bertz CT molecular complexity index is 743. The molecule has 1 unspecified atom stereocenters. The van der Waals surface area contributed by atoms with Crippen LogP contribution in [0.25, 0.3) is 0 Å². The fraction of sp³-hybridized carbons (Fsp3) is 0.667. The molecule has 0 aliphatic carbocycles. The Hall–Kier alpha value is -2.51. The number of likely N-dealkylation sites (tertiary alicyclic amines) is 1. The Kier molecular flexibility index (Phi) is 7.70. The third-order valence-electron chi connectivity index (χ3n) is 4.67. The molecule has 1 atom stereocenters. The summed E-state index contributed by atoms with van der Waals surface area (Å²) in [4.78, 5) is 23.5. The summed E-state index contributed by atoms with van der Waals surface area (Å²) in [6.45, 7) is 14.4. The molecule has 0 saturated carbocycles. The first-order valence-electron chi connectivity index (χ1n) is 10.2. The number of alkyl carbamates (subject to hydrolysis) is 1. The van der Waals surface area contributed by atoms with Crippen LogP contribution in [0.15, 0.2) is 11.2 Å². The van der Waals surface area contributed by atoms with Gasteiger partial charge in [-0.2, -0.15) is 0 Å². The van der Waals surface area contributed by atoms with Crippen molar-refractivity contribution in [1.82, 2.24) is 20.5 Å². The lowest BCUT2D eigenvalue weighted by atomic mass is 10.1. The van der Waals surface area contributed by atoms with Crippen molar-refractivity contribution in [2.75, 3.05) is 26.7 Å². The number of hydrogen-bond acceptors (Lipinski definition) is 5. The fourth-order valence-corrected chi connectivity index (χ4v) is 3.35. The molecule has 1 aliphatic rings. The van der Waals surface area contributed by atoms with Gasteiger partial charge in [0.2, 0.25) is 0 Å². The molecule has 162 valence electrons. The lowest BCUT2D eigenvalue weighted by Gasteiger charge is -2.23. The molecule has 8 heteroatoms. The highest BCUT2D eigenvalue weighted by Gasteiger charge is 2.28. The van der Waals surface area contributed by atoms with E-state index in [1.54, 1.807) is 7.11 Å². The highest BCUT2D eigenvalue weighted by atomic mass is 16.6. The van der Waals surface area contributed by atoms with Gasteiger partial charge in [0.05, 0.1) is 25.4 Å². The summed E-state index contributed by atoms with van der Waals surface area (Å²) >= 11 is 0. The van der Waals surface area contributed by atoms with Crippen LogP contribution in [0.1, 0.15) is 50.9 Å². The molecule has 0 radical (unpaired) electrons. The quantitative estimate of drug-likeness (QED) is 0.579. The maximum absolute atomic E-state index is 12.0. The second kappa shape index (κ2) is 9.80. The zero-order valence-electron chi connectivity index (χ0n) is 18.8. The number of nitrogens with one attached hydrogen (secondary N) is 2. The molecule has 1 aromatic heterocycles. The summed E-state index contributed by atoms with van der Waals surface area (Å²) in [7, 11) is 1.68. The van der Waals surface area contributed by atoms with E-state index in [9.17, 15) is 4.79 Å². The largest absolute Gasteiger partial charge is 0.496 e. The topological polar surface area (TPSA) is 88.1 Å². The molecule has 1 aromatic rings. The van der Waals surface area contributed by atoms with Crippen molar-refractivity contribution in [3.8, 4) is 5.75 Å². The van der Waals surface area contributed by atoms with Crippen LogP contribution in [0.5, 0.6) is 5.75 Å². The van der Waals surface area contributed by atoms with E-state index in [2.05, 4.69) is 20.5 Å². The molecule has 1 fully saturated rings. The Morgan fingerprint density at radius 1 is 1.38 bits per heavy atom. The Morgan fingerprint density at radius 3 is 2.72 bits per heavy atom. The number of amides is 1. The van der Waals surface area contributed by atoms with Crippen molar-refractivity contribution in [3.63, 3.8) is 0 Å². The van der Waals surface area contributed by atoms with Crippen LogP contribution in [0, 0.1) is 13.8 Å². The maximum Gasteiger partial charge on any atom is 0.407 e. The molecule has 29 heavy (non-hydrogen) atoms. The fourth-order valence-electron chi connectivity index (χ4n) is 3.35. The molecule has 0 aromatic carbocycles. The van der Waals surface area contributed by atoms with E-state index in [1.165, 1.54) is 0 Å². The van der Waals surface area contributed by atoms with Crippen LogP contribution >= 0.6 is 0 Å². The van der Waals surface area contributed by atoms with Gasteiger partial charge in [0.1, 0.15) is 11.4 Å². The molecule has 1 saturated heterocycles. The average Bonchev–Trinajstić information content (AvgIpc) is 3.07. The average molecular weight is 406 g/mol. The minimum atomic E-state index is -0.501. The molecule has 8 nitrogen and oxygen atoms in total. The van der Waals surface area contributed by atoms with Crippen LogP contribution in [0.2, 0.25) is 0 Å². The predicted molar refractivity (Wildman–Crippen MR) is 114 cm³/mol. The number of ether oxygens (including phenoxy) is 2. The molecule has 2 rings (SSSR count). The van der Waals surface area contributed by atoms with Crippen LogP contribution in [0.3, 0.4) is 0 Å². The second-order valence-corrected chi connectivity index (χ2v) is 8.29. The summed E-state index contributed by atoms with van der Waals surface area (Å²) in [5.41, 5.74) is 2.42. The molecule has 2 N–H and O–H groups in total. The standard InChI is InChI=1S/C21H35N5O3/c1-8-22-19(24-12-17-15(3)18(28-7)14(2)11-23-17)26-10-9-16(13-26)25-20(27)29-21(4,5)6/h11,16H,8-10,12-13H2,1-7H3,(H,22,24)(H,25,27). The number of carbonyl (C=O) groups is 1. The summed E-state index contributed by atoms with van der Waals surface area (Å²) in [5, 5.41) is 6.29. The monoisotopic (exact) mass is 405 g/mol. The summed E-state index contributed by atoms with van der Waals surface area (Å²) in [6.07, 6.45) is 2.29. The van der Waals surface area contributed by atoms with E-state index in [-0.39, 0.29) is 12.1 Å². The highest BCUT2D eigenvalue weighted by molar-refractivity contribution is 5.80. The van der Waals surface area contributed by atoms with E-state index in [0.717, 1.165) is 48.0 Å². The predicted octanol–water partition coefficient (Wildman–Crippen LogP) is 2.77. The molecular weight excluding hydrogens is 370 g/mol. The van der Waals surface area contributed by atoms with Crippen LogP contribution < -0.4 is 15.4 Å². The number of nitrogens with zero attached hydrogens (tertiary/aromatic N) is 3. The molecule has 1 aliphatic heterocycles. The minimum Gasteiger partial charge on any atom is -0.496 e. The van der Waals surface area contributed by atoms with Gasteiger partial charge >= 0.3 is 6.09 Å².